The number of hydrogen-bond donors (Lipinski definition) is 1. The molecule has 0 aliphatic rings. The van der Waals surface area contributed by atoms with E-state index in [4.69, 9.17) is 4.42 Å². The Kier molecular flexibility index (Phi) is 2.72. The van der Waals surface area contributed by atoms with E-state index in [0.29, 0.717) is 0 Å². The molecule has 3 nitrogen and oxygen atoms in total. The minimum Gasteiger partial charge on any atom is -0.467 e. The van der Waals surface area contributed by atoms with Gasteiger partial charge < -0.3 is 9.73 Å². The summed E-state index contributed by atoms with van der Waals surface area (Å²) in [6.07, 6.45) is 5.31. The average molecular weight is 202 g/mol. The minimum absolute atomic E-state index is 0.168. The van der Waals surface area contributed by atoms with Crippen LogP contribution in [0.25, 0.3) is 0 Å². The molecule has 1 unspecified atom stereocenters. The Bertz CT molecular complexity index is 423. The van der Waals surface area contributed by atoms with Gasteiger partial charge in [0.05, 0.1) is 12.3 Å². The SMILES string of the molecule is Cc1cnccc1NC(C)c1ccco1. The normalized spacial score (nSPS) is 12.4. The Morgan fingerprint density at radius 1 is 1.40 bits per heavy atom. The summed E-state index contributed by atoms with van der Waals surface area (Å²) < 4.78 is 5.33. The van der Waals surface area contributed by atoms with Crippen molar-refractivity contribution in [1.29, 1.82) is 0 Å². The Balaban J connectivity index is 2.13. The molecule has 0 bridgehead atoms. The lowest BCUT2D eigenvalue weighted by Gasteiger charge is -2.14. The van der Waals surface area contributed by atoms with Crippen molar-refractivity contribution in [2.75, 3.05) is 5.32 Å². The standard InChI is InChI=1S/C12H14N2O/c1-9-8-13-6-5-11(9)14-10(2)12-4-3-7-15-12/h3-8,10H,1-2H3,(H,13,14). The van der Waals surface area contributed by atoms with E-state index in [-0.39, 0.29) is 6.04 Å². The van der Waals surface area contributed by atoms with Crippen molar-refractivity contribution in [2.24, 2.45) is 0 Å². The highest BCUT2D eigenvalue weighted by atomic mass is 16.3. The molecule has 0 radical (unpaired) electrons. The van der Waals surface area contributed by atoms with E-state index in [1.165, 1.54) is 0 Å². The van der Waals surface area contributed by atoms with Crippen molar-refractivity contribution in [3.05, 3.63) is 48.2 Å². The third-order valence-electron chi connectivity index (χ3n) is 2.36. The molecule has 0 spiro atoms. The number of hydrogen-bond acceptors (Lipinski definition) is 3. The summed E-state index contributed by atoms with van der Waals surface area (Å²) in [5.41, 5.74) is 2.23. The molecule has 2 aromatic heterocycles. The van der Waals surface area contributed by atoms with E-state index in [1.54, 1.807) is 12.5 Å². The molecule has 78 valence electrons. The number of anilines is 1. The largest absolute Gasteiger partial charge is 0.467 e. The van der Waals surface area contributed by atoms with Crippen LogP contribution in [-0.4, -0.2) is 4.98 Å². The van der Waals surface area contributed by atoms with Gasteiger partial charge >= 0.3 is 0 Å². The van der Waals surface area contributed by atoms with Crippen molar-refractivity contribution >= 4 is 5.69 Å². The van der Waals surface area contributed by atoms with Gasteiger partial charge in [0.25, 0.3) is 0 Å². The fourth-order valence-electron chi connectivity index (χ4n) is 1.48. The minimum atomic E-state index is 0.168. The molecular weight excluding hydrogens is 188 g/mol. The van der Waals surface area contributed by atoms with Crippen LogP contribution in [0.3, 0.4) is 0 Å². The van der Waals surface area contributed by atoms with E-state index in [0.717, 1.165) is 17.0 Å². The highest BCUT2D eigenvalue weighted by molar-refractivity contribution is 5.49. The predicted molar refractivity (Wildman–Crippen MR) is 59.7 cm³/mol. The van der Waals surface area contributed by atoms with Gasteiger partial charge in [-0.05, 0) is 37.6 Å². The van der Waals surface area contributed by atoms with E-state index in [2.05, 4.69) is 17.2 Å². The van der Waals surface area contributed by atoms with E-state index in [9.17, 15) is 0 Å². The lowest BCUT2D eigenvalue weighted by atomic mass is 10.2. The van der Waals surface area contributed by atoms with Crippen molar-refractivity contribution in [1.82, 2.24) is 4.98 Å². The molecule has 0 aliphatic heterocycles. The van der Waals surface area contributed by atoms with Crippen LogP contribution in [0.4, 0.5) is 5.69 Å². The second kappa shape index (κ2) is 4.17. The highest BCUT2D eigenvalue weighted by Gasteiger charge is 2.08. The van der Waals surface area contributed by atoms with E-state index in [1.807, 2.05) is 31.3 Å². The number of rotatable bonds is 3. The molecule has 0 fully saturated rings. The summed E-state index contributed by atoms with van der Waals surface area (Å²) in [6.45, 7) is 4.10. The Labute approximate surface area is 89.1 Å². The topological polar surface area (TPSA) is 38.1 Å². The van der Waals surface area contributed by atoms with Crippen molar-refractivity contribution in [2.45, 2.75) is 19.9 Å². The Morgan fingerprint density at radius 2 is 2.27 bits per heavy atom. The maximum Gasteiger partial charge on any atom is 0.125 e. The van der Waals surface area contributed by atoms with Crippen LogP contribution in [0.5, 0.6) is 0 Å². The fraction of sp³-hybridized carbons (Fsp3) is 0.250. The zero-order valence-electron chi connectivity index (χ0n) is 8.90. The van der Waals surface area contributed by atoms with Gasteiger partial charge in [0.2, 0.25) is 0 Å². The van der Waals surface area contributed by atoms with Gasteiger partial charge in [-0.3, -0.25) is 4.98 Å². The van der Waals surface area contributed by atoms with E-state index < -0.39 is 0 Å². The van der Waals surface area contributed by atoms with Crippen LogP contribution in [0.15, 0.2) is 41.3 Å². The van der Waals surface area contributed by atoms with Gasteiger partial charge in [0, 0.05) is 18.1 Å². The van der Waals surface area contributed by atoms with Gasteiger partial charge in [-0.25, -0.2) is 0 Å². The van der Waals surface area contributed by atoms with Gasteiger partial charge in [0.15, 0.2) is 0 Å². The molecule has 1 atom stereocenters. The first-order chi connectivity index (χ1) is 7.27. The van der Waals surface area contributed by atoms with Crippen LogP contribution in [0.2, 0.25) is 0 Å². The first-order valence-electron chi connectivity index (χ1n) is 4.98. The Hall–Kier alpha value is -1.77. The number of nitrogens with one attached hydrogen (secondary N) is 1. The van der Waals surface area contributed by atoms with Crippen molar-refractivity contribution in [3.8, 4) is 0 Å². The Morgan fingerprint density at radius 3 is 2.93 bits per heavy atom. The number of pyridine rings is 1. The summed E-state index contributed by atoms with van der Waals surface area (Å²) >= 11 is 0. The second-order valence-corrected chi connectivity index (χ2v) is 3.57. The molecule has 0 amide bonds. The van der Waals surface area contributed by atoms with Crippen LogP contribution in [-0.2, 0) is 0 Å². The van der Waals surface area contributed by atoms with Gasteiger partial charge in [-0.2, -0.15) is 0 Å². The predicted octanol–water partition coefficient (Wildman–Crippen LogP) is 3.16. The zero-order valence-corrected chi connectivity index (χ0v) is 8.90. The van der Waals surface area contributed by atoms with Crippen LogP contribution >= 0.6 is 0 Å². The van der Waals surface area contributed by atoms with Crippen LogP contribution < -0.4 is 5.32 Å². The third kappa shape index (κ3) is 2.18. The maximum atomic E-state index is 5.33. The second-order valence-electron chi connectivity index (χ2n) is 3.57. The van der Waals surface area contributed by atoms with Crippen LogP contribution in [0.1, 0.15) is 24.3 Å². The van der Waals surface area contributed by atoms with Gasteiger partial charge in [-0.1, -0.05) is 0 Å². The van der Waals surface area contributed by atoms with Crippen molar-refractivity contribution in [3.63, 3.8) is 0 Å². The van der Waals surface area contributed by atoms with E-state index >= 15 is 0 Å². The summed E-state index contributed by atoms with van der Waals surface area (Å²) in [5, 5.41) is 3.38. The summed E-state index contributed by atoms with van der Waals surface area (Å²) in [5.74, 6) is 0.936. The average Bonchev–Trinajstić information content (AvgIpc) is 2.74. The van der Waals surface area contributed by atoms with Crippen molar-refractivity contribution < 1.29 is 4.42 Å². The summed E-state index contributed by atoms with van der Waals surface area (Å²) in [4.78, 5) is 4.05. The first kappa shape index (κ1) is 9.77. The molecule has 0 saturated heterocycles. The van der Waals surface area contributed by atoms with Crippen LogP contribution in [0, 0.1) is 6.92 Å². The molecule has 1 N–H and O–H groups in total. The van der Waals surface area contributed by atoms with Gasteiger partial charge in [-0.15, -0.1) is 0 Å². The summed E-state index contributed by atoms with van der Waals surface area (Å²) in [6, 6.07) is 6.00. The van der Waals surface area contributed by atoms with Gasteiger partial charge in [0.1, 0.15) is 5.76 Å². The highest BCUT2D eigenvalue weighted by Crippen LogP contribution is 2.21. The molecule has 2 heterocycles. The molecule has 0 aliphatic carbocycles. The third-order valence-corrected chi connectivity index (χ3v) is 2.36. The maximum absolute atomic E-state index is 5.33. The smallest absolute Gasteiger partial charge is 0.125 e. The zero-order chi connectivity index (χ0) is 10.7. The molecule has 3 heteroatoms. The molecule has 2 aromatic rings. The quantitative estimate of drug-likeness (QED) is 0.830. The first-order valence-corrected chi connectivity index (χ1v) is 4.98. The summed E-state index contributed by atoms with van der Waals surface area (Å²) in [7, 11) is 0. The lowest BCUT2D eigenvalue weighted by Crippen LogP contribution is -2.06. The lowest BCUT2D eigenvalue weighted by molar-refractivity contribution is 0.490. The molecule has 15 heavy (non-hydrogen) atoms. The number of nitrogens with zero attached hydrogens (tertiary/aromatic N) is 1. The number of aromatic nitrogens is 1. The molecule has 2 rings (SSSR count). The monoisotopic (exact) mass is 202 g/mol. The molecular formula is C12H14N2O. The molecule has 0 saturated carbocycles. The number of furan rings is 1. The molecule has 0 aromatic carbocycles. The number of aryl methyl sites for hydroxylation is 1. The fourth-order valence-corrected chi connectivity index (χ4v) is 1.48.